The van der Waals surface area contributed by atoms with Crippen molar-refractivity contribution in [3.63, 3.8) is 0 Å². The minimum absolute atomic E-state index is 0.0853. The van der Waals surface area contributed by atoms with Crippen molar-refractivity contribution in [3.8, 4) is 0 Å². The van der Waals surface area contributed by atoms with Gasteiger partial charge in [-0.15, -0.1) is 0 Å². The SMILES string of the molecule is CC(C)(C)OC(=O)NC(CO)C[C@H]1CCC(C)(C)O1. The molecule has 2 atom stereocenters. The van der Waals surface area contributed by atoms with Crippen LogP contribution in [0.5, 0.6) is 0 Å². The summed E-state index contributed by atoms with van der Waals surface area (Å²) in [6.07, 6.45) is 2.16. The molecular formula is C14H27NO4. The molecule has 112 valence electrons. The van der Waals surface area contributed by atoms with Crippen molar-refractivity contribution in [2.75, 3.05) is 6.61 Å². The predicted octanol–water partition coefficient (Wildman–Crippen LogP) is 2.22. The molecule has 19 heavy (non-hydrogen) atoms. The van der Waals surface area contributed by atoms with Crippen LogP contribution in [0.4, 0.5) is 4.79 Å². The number of hydrogen-bond acceptors (Lipinski definition) is 4. The number of alkyl carbamates (subject to hydrolysis) is 1. The Morgan fingerprint density at radius 2 is 2.16 bits per heavy atom. The molecule has 0 aliphatic carbocycles. The van der Waals surface area contributed by atoms with E-state index < -0.39 is 11.7 Å². The van der Waals surface area contributed by atoms with Gasteiger partial charge in [0.1, 0.15) is 5.60 Å². The van der Waals surface area contributed by atoms with Crippen LogP contribution in [0.15, 0.2) is 0 Å². The number of nitrogens with one attached hydrogen (secondary N) is 1. The standard InChI is InChI=1S/C14H27NO4/c1-13(2,3)19-12(17)15-10(9-16)8-11-6-7-14(4,5)18-11/h10-11,16H,6-9H2,1-5H3,(H,15,17)/t10?,11-/m1/s1. The van der Waals surface area contributed by atoms with Gasteiger partial charge in [0.25, 0.3) is 0 Å². The Hall–Kier alpha value is -0.810. The van der Waals surface area contributed by atoms with Gasteiger partial charge in [-0.05, 0) is 53.9 Å². The van der Waals surface area contributed by atoms with Crippen molar-refractivity contribution in [2.24, 2.45) is 0 Å². The maximum Gasteiger partial charge on any atom is 0.407 e. The molecule has 0 aromatic carbocycles. The minimum Gasteiger partial charge on any atom is -0.444 e. The van der Waals surface area contributed by atoms with E-state index in [1.54, 1.807) is 0 Å². The van der Waals surface area contributed by atoms with E-state index in [1.807, 2.05) is 20.8 Å². The lowest BCUT2D eigenvalue weighted by Gasteiger charge is -2.25. The predicted molar refractivity (Wildman–Crippen MR) is 73.0 cm³/mol. The van der Waals surface area contributed by atoms with Gasteiger partial charge < -0.3 is 19.9 Å². The Kier molecular flexibility index (Phi) is 5.21. The van der Waals surface area contributed by atoms with Crippen LogP contribution >= 0.6 is 0 Å². The first-order valence-corrected chi connectivity index (χ1v) is 6.89. The van der Waals surface area contributed by atoms with Crippen LogP contribution in [0.25, 0.3) is 0 Å². The molecule has 0 saturated carbocycles. The molecule has 1 amide bonds. The normalized spacial score (nSPS) is 24.0. The van der Waals surface area contributed by atoms with Crippen LogP contribution in [0.2, 0.25) is 0 Å². The molecule has 1 heterocycles. The van der Waals surface area contributed by atoms with Gasteiger partial charge in [-0.2, -0.15) is 0 Å². The van der Waals surface area contributed by atoms with E-state index in [4.69, 9.17) is 9.47 Å². The Balaban J connectivity index is 2.40. The second-order valence-corrected chi connectivity index (χ2v) is 6.80. The lowest BCUT2D eigenvalue weighted by molar-refractivity contribution is -0.0249. The molecule has 0 aromatic rings. The third-order valence-electron chi connectivity index (χ3n) is 3.04. The first-order chi connectivity index (χ1) is 8.61. The Morgan fingerprint density at radius 3 is 2.58 bits per heavy atom. The monoisotopic (exact) mass is 273 g/mol. The van der Waals surface area contributed by atoms with Gasteiger partial charge in [-0.25, -0.2) is 4.79 Å². The second-order valence-electron chi connectivity index (χ2n) is 6.80. The van der Waals surface area contributed by atoms with E-state index in [0.717, 1.165) is 12.8 Å². The quantitative estimate of drug-likeness (QED) is 0.824. The van der Waals surface area contributed by atoms with Gasteiger partial charge >= 0.3 is 6.09 Å². The summed E-state index contributed by atoms with van der Waals surface area (Å²) >= 11 is 0. The molecule has 5 heteroatoms. The highest BCUT2D eigenvalue weighted by atomic mass is 16.6. The molecule has 1 saturated heterocycles. The van der Waals surface area contributed by atoms with Gasteiger partial charge in [0.2, 0.25) is 0 Å². The lowest BCUT2D eigenvalue weighted by Crippen LogP contribution is -2.42. The molecule has 2 N–H and O–H groups in total. The molecule has 0 bridgehead atoms. The van der Waals surface area contributed by atoms with E-state index in [0.29, 0.717) is 6.42 Å². The van der Waals surface area contributed by atoms with Crippen LogP contribution in [0.3, 0.4) is 0 Å². The number of aliphatic hydroxyl groups excluding tert-OH is 1. The zero-order valence-corrected chi connectivity index (χ0v) is 12.7. The minimum atomic E-state index is -0.532. The van der Waals surface area contributed by atoms with E-state index in [9.17, 15) is 9.90 Å². The van der Waals surface area contributed by atoms with Crippen LogP contribution in [-0.2, 0) is 9.47 Å². The van der Waals surface area contributed by atoms with E-state index in [-0.39, 0.29) is 24.4 Å². The third kappa shape index (κ3) is 6.25. The smallest absolute Gasteiger partial charge is 0.407 e. The van der Waals surface area contributed by atoms with Crippen LogP contribution < -0.4 is 5.32 Å². The maximum absolute atomic E-state index is 11.6. The molecular weight excluding hydrogens is 246 g/mol. The summed E-state index contributed by atoms with van der Waals surface area (Å²) in [5, 5.41) is 12.0. The summed E-state index contributed by atoms with van der Waals surface area (Å²) < 4.78 is 11.0. The van der Waals surface area contributed by atoms with Crippen molar-refractivity contribution >= 4 is 6.09 Å². The topological polar surface area (TPSA) is 67.8 Å². The zero-order chi connectivity index (χ0) is 14.7. The summed E-state index contributed by atoms with van der Waals surface area (Å²) in [6, 6.07) is -0.325. The third-order valence-corrected chi connectivity index (χ3v) is 3.04. The summed E-state index contributed by atoms with van der Waals surface area (Å²) in [5.74, 6) is 0. The molecule has 0 radical (unpaired) electrons. The average Bonchev–Trinajstić information content (AvgIpc) is 2.54. The van der Waals surface area contributed by atoms with E-state index in [2.05, 4.69) is 19.2 Å². The lowest BCUT2D eigenvalue weighted by atomic mass is 10.0. The fraction of sp³-hybridized carbons (Fsp3) is 0.929. The molecule has 5 nitrogen and oxygen atoms in total. The van der Waals surface area contributed by atoms with Crippen LogP contribution in [0.1, 0.15) is 53.9 Å². The van der Waals surface area contributed by atoms with Crippen molar-refractivity contribution < 1.29 is 19.4 Å². The number of hydrogen-bond donors (Lipinski definition) is 2. The van der Waals surface area contributed by atoms with Crippen molar-refractivity contribution in [3.05, 3.63) is 0 Å². The number of rotatable bonds is 4. The van der Waals surface area contributed by atoms with Crippen LogP contribution in [-0.4, -0.2) is 41.2 Å². The first-order valence-electron chi connectivity index (χ1n) is 6.89. The number of carbonyl (C=O) groups is 1. The first kappa shape index (κ1) is 16.2. The Bertz CT molecular complexity index is 309. The fourth-order valence-corrected chi connectivity index (χ4v) is 2.21. The molecule has 1 fully saturated rings. The van der Waals surface area contributed by atoms with E-state index >= 15 is 0 Å². The molecule has 1 aliphatic rings. The molecule has 1 rings (SSSR count). The number of carbonyl (C=O) groups excluding carboxylic acids is 1. The van der Waals surface area contributed by atoms with Gasteiger partial charge in [-0.3, -0.25) is 0 Å². The van der Waals surface area contributed by atoms with Crippen molar-refractivity contribution in [1.29, 1.82) is 0 Å². The van der Waals surface area contributed by atoms with Crippen LogP contribution in [0, 0.1) is 0 Å². The Labute approximate surface area is 115 Å². The number of ether oxygens (including phenoxy) is 2. The van der Waals surface area contributed by atoms with Gasteiger partial charge in [0.05, 0.1) is 24.4 Å². The molecule has 0 aromatic heterocycles. The fourth-order valence-electron chi connectivity index (χ4n) is 2.21. The summed E-state index contributed by atoms with van der Waals surface area (Å²) in [4.78, 5) is 11.6. The summed E-state index contributed by atoms with van der Waals surface area (Å²) in [7, 11) is 0. The highest BCUT2D eigenvalue weighted by Crippen LogP contribution is 2.31. The van der Waals surface area contributed by atoms with Gasteiger partial charge in [0, 0.05) is 0 Å². The van der Waals surface area contributed by atoms with E-state index in [1.165, 1.54) is 0 Å². The highest BCUT2D eigenvalue weighted by molar-refractivity contribution is 5.68. The van der Waals surface area contributed by atoms with Crippen molar-refractivity contribution in [2.45, 2.75) is 77.2 Å². The Morgan fingerprint density at radius 1 is 1.53 bits per heavy atom. The largest absolute Gasteiger partial charge is 0.444 e. The van der Waals surface area contributed by atoms with Gasteiger partial charge in [-0.1, -0.05) is 0 Å². The average molecular weight is 273 g/mol. The zero-order valence-electron chi connectivity index (χ0n) is 12.7. The summed E-state index contributed by atoms with van der Waals surface area (Å²) in [5.41, 5.74) is -0.632. The molecule has 1 aliphatic heterocycles. The number of amides is 1. The maximum atomic E-state index is 11.6. The molecule has 0 spiro atoms. The highest BCUT2D eigenvalue weighted by Gasteiger charge is 2.33. The summed E-state index contributed by atoms with van der Waals surface area (Å²) in [6.45, 7) is 9.43. The second kappa shape index (κ2) is 6.09. The molecule has 1 unspecified atom stereocenters. The van der Waals surface area contributed by atoms with Gasteiger partial charge in [0.15, 0.2) is 0 Å². The number of aliphatic hydroxyl groups is 1. The van der Waals surface area contributed by atoms with Crippen molar-refractivity contribution in [1.82, 2.24) is 5.32 Å².